The van der Waals surface area contributed by atoms with Crippen LogP contribution in [0.4, 0.5) is 0 Å². The van der Waals surface area contributed by atoms with Crippen molar-refractivity contribution in [2.45, 2.75) is 26.7 Å². The molecule has 1 aromatic rings. The molecule has 1 aliphatic rings. The molecule has 23 heavy (non-hydrogen) atoms. The molecule has 3 heteroatoms. The molecule has 0 heterocycles. The fourth-order valence-electron chi connectivity index (χ4n) is 2.95. The van der Waals surface area contributed by atoms with Crippen LogP contribution in [0.1, 0.15) is 37.0 Å². The summed E-state index contributed by atoms with van der Waals surface area (Å²) in [6.45, 7) is 11.7. The Kier molecular flexibility index (Phi) is 5.32. The van der Waals surface area contributed by atoms with Gasteiger partial charge in [-0.05, 0) is 36.5 Å². The van der Waals surface area contributed by atoms with Crippen molar-refractivity contribution >= 4 is 11.8 Å². The average Bonchev–Trinajstić information content (AvgIpc) is 2.78. The summed E-state index contributed by atoms with van der Waals surface area (Å²) in [4.78, 5) is 24.8. The smallest absolute Gasteiger partial charge is 0.343 e. The van der Waals surface area contributed by atoms with Crippen LogP contribution in [0.3, 0.4) is 0 Å². The molecule has 0 radical (unpaired) electrons. The van der Waals surface area contributed by atoms with Gasteiger partial charge in [-0.1, -0.05) is 44.7 Å². The van der Waals surface area contributed by atoms with E-state index in [2.05, 4.69) is 13.2 Å². The molecule has 0 amide bonds. The van der Waals surface area contributed by atoms with Crippen LogP contribution < -0.4 is 0 Å². The van der Waals surface area contributed by atoms with E-state index in [1.54, 1.807) is 30.3 Å². The number of ether oxygens (including phenoxy) is 1. The van der Waals surface area contributed by atoms with Crippen LogP contribution in [0.5, 0.6) is 0 Å². The van der Waals surface area contributed by atoms with Crippen molar-refractivity contribution in [1.82, 2.24) is 0 Å². The highest BCUT2D eigenvalue weighted by molar-refractivity contribution is 6.12. The van der Waals surface area contributed by atoms with Gasteiger partial charge in [0, 0.05) is 11.5 Å². The van der Waals surface area contributed by atoms with E-state index < -0.39 is 5.97 Å². The standard InChI is InChI=1S/C20H22O3/c1-5-6-12-16-17(13(2)3)14(4)18(21)19(16)23-20(22)15-10-8-7-9-11-15/h5,7-11,13,17H,1,4,6,12H2,2-3H3/t17-/m0/s1. The highest BCUT2D eigenvalue weighted by atomic mass is 16.5. The van der Waals surface area contributed by atoms with E-state index in [4.69, 9.17) is 4.74 Å². The highest BCUT2D eigenvalue weighted by Gasteiger charge is 2.39. The van der Waals surface area contributed by atoms with Gasteiger partial charge in [-0.3, -0.25) is 4.79 Å². The molecular weight excluding hydrogens is 288 g/mol. The van der Waals surface area contributed by atoms with Gasteiger partial charge in [0.05, 0.1) is 5.56 Å². The highest BCUT2D eigenvalue weighted by Crippen LogP contribution is 2.41. The van der Waals surface area contributed by atoms with Crippen LogP contribution in [0.25, 0.3) is 0 Å². The fraction of sp³-hybridized carbons (Fsp3) is 0.300. The van der Waals surface area contributed by atoms with E-state index in [0.29, 0.717) is 17.6 Å². The Bertz CT molecular complexity index is 665. The third kappa shape index (κ3) is 3.50. The summed E-state index contributed by atoms with van der Waals surface area (Å²) in [6.07, 6.45) is 3.17. The molecule has 0 fully saturated rings. The monoisotopic (exact) mass is 310 g/mol. The minimum absolute atomic E-state index is 0.0685. The summed E-state index contributed by atoms with van der Waals surface area (Å²) >= 11 is 0. The number of benzene rings is 1. The normalized spacial score (nSPS) is 17.8. The second-order valence-corrected chi connectivity index (χ2v) is 6.01. The van der Waals surface area contributed by atoms with Crippen molar-refractivity contribution in [3.05, 3.63) is 72.0 Å². The zero-order valence-corrected chi connectivity index (χ0v) is 13.7. The number of hydrogen-bond donors (Lipinski definition) is 0. The molecule has 0 aliphatic heterocycles. The van der Waals surface area contributed by atoms with Gasteiger partial charge in [-0.15, -0.1) is 6.58 Å². The van der Waals surface area contributed by atoms with E-state index in [9.17, 15) is 9.59 Å². The molecule has 2 rings (SSSR count). The van der Waals surface area contributed by atoms with Crippen LogP contribution >= 0.6 is 0 Å². The van der Waals surface area contributed by atoms with Crippen molar-refractivity contribution in [3.8, 4) is 0 Å². The molecule has 1 aromatic carbocycles. The fourth-order valence-corrected chi connectivity index (χ4v) is 2.95. The van der Waals surface area contributed by atoms with Gasteiger partial charge >= 0.3 is 5.97 Å². The van der Waals surface area contributed by atoms with Gasteiger partial charge in [0.2, 0.25) is 5.78 Å². The maximum Gasteiger partial charge on any atom is 0.343 e. The summed E-state index contributed by atoms with van der Waals surface area (Å²) in [5, 5.41) is 0. The van der Waals surface area contributed by atoms with Gasteiger partial charge in [0.25, 0.3) is 0 Å². The number of carbonyl (C=O) groups excluding carboxylic acids is 2. The van der Waals surface area contributed by atoms with Crippen LogP contribution in [-0.2, 0) is 9.53 Å². The molecule has 1 atom stereocenters. The first-order valence-electron chi connectivity index (χ1n) is 7.82. The molecular formula is C20H22O3. The lowest BCUT2D eigenvalue weighted by molar-refractivity contribution is -0.114. The number of esters is 1. The maximum atomic E-state index is 12.5. The zero-order valence-electron chi connectivity index (χ0n) is 13.7. The van der Waals surface area contributed by atoms with Gasteiger partial charge in [-0.2, -0.15) is 0 Å². The Labute approximate surface area is 137 Å². The molecule has 0 bridgehead atoms. The molecule has 120 valence electrons. The van der Waals surface area contributed by atoms with Crippen molar-refractivity contribution < 1.29 is 14.3 Å². The van der Waals surface area contributed by atoms with Gasteiger partial charge < -0.3 is 4.74 Å². The van der Waals surface area contributed by atoms with E-state index >= 15 is 0 Å². The van der Waals surface area contributed by atoms with Crippen LogP contribution in [-0.4, -0.2) is 11.8 Å². The average molecular weight is 310 g/mol. The number of ketones is 1. The molecule has 0 aromatic heterocycles. The predicted molar refractivity (Wildman–Crippen MR) is 90.8 cm³/mol. The predicted octanol–water partition coefficient (Wildman–Crippen LogP) is 4.47. The topological polar surface area (TPSA) is 43.4 Å². The van der Waals surface area contributed by atoms with E-state index in [1.165, 1.54) is 0 Å². The van der Waals surface area contributed by atoms with Crippen molar-refractivity contribution in [2.75, 3.05) is 0 Å². The number of rotatable bonds is 6. The van der Waals surface area contributed by atoms with Crippen LogP contribution in [0, 0.1) is 11.8 Å². The van der Waals surface area contributed by atoms with Crippen molar-refractivity contribution in [3.63, 3.8) is 0 Å². The largest absolute Gasteiger partial charge is 0.419 e. The summed E-state index contributed by atoms with van der Waals surface area (Å²) in [5.41, 5.74) is 1.79. The van der Waals surface area contributed by atoms with Gasteiger partial charge in [-0.25, -0.2) is 4.79 Å². The van der Waals surface area contributed by atoms with Crippen molar-refractivity contribution in [2.24, 2.45) is 11.8 Å². The third-order valence-corrected chi connectivity index (χ3v) is 4.03. The zero-order chi connectivity index (χ0) is 17.0. The lowest BCUT2D eigenvalue weighted by atomic mass is 9.85. The molecule has 3 nitrogen and oxygen atoms in total. The number of allylic oxidation sites excluding steroid dienone is 3. The molecule has 1 aliphatic carbocycles. The lowest BCUT2D eigenvalue weighted by Gasteiger charge is -2.18. The molecule has 0 unspecified atom stereocenters. The number of carbonyl (C=O) groups is 2. The summed E-state index contributed by atoms with van der Waals surface area (Å²) in [6, 6.07) is 8.68. The first kappa shape index (κ1) is 16.9. The molecule has 0 saturated heterocycles. The molecule has 0 saturated carbocycles. The maximum absolute atomic E-state index is 12.5. The SMILES string of the molecule is C=CCCC1=C(OC(=O)c2ccccc2)C(=O)C(=C)[C@@H]1C(C)C. The van der Waals surface area contributed by atoms with Crippen LogP contribution in [0.15, 0.2) is 66.5 Å². The minimum Gasteiger partial charge on any atom is -0.419 e. The Hall–Kier alpha value is -2.42. The third-order valence-electron chi connectivity index (χ3n) is 4.03. The molecule has 0 N–H and O–H groups in total. The number of Topliss-reactive ketones (excluding diaryl/α,β-unsaturated/α-hetero) is 1. The summed E-state index contributed by atoms with van der Waals surface area (Å²) in [7, 11) is 0. The van der Waals surface area contributed by atoms with Gasteiger partial charge in [0.15, 0.2) is 5.76 Å². The quantitative estimate of drug-likeness (QED) is 0.442. The first-order chi connectivity index (χ1) is 11.0. The Morgan fingerprint density at radius 2 is 1.96 bits per heavy atom. The van der Waals surface area contributed by atoms with Crippen LogP contribution in [0.2, 0.25) is 0 Å². The van der Waals surface area contributed by atoms with E-state index in [-0.39, 0.29) is 23.4 Å². The van der Waals surface area contributed by atoms with Gasteiger partial charge in [0.1, 0.15) is 0 Å². The van der Waals surface area contributed by atoms with Crippen molar-refractivity contribution in [1.29, 1.82) is 0 Å². The second kappa shape index (κ2) is 7.23. The Morgan fingerprint density at radius 1 is 1.30 bits per heavy atom. The molecule has 0 spiro atoms. The lowest BCUT2D eigenvalue weighted by Crippen LogP contribution is -2.12. The minimum atomic E-state index is -0.512. The van der Waals surface area contributed by atoms with E-state index in [0.717, 1.165) is 12.0 Å². The number of hydrogen-bond acceptors (Lipinski definition) is 3. The summed E-state index contributed by atoms with van der Waals surface area (Å²) in [5.74, 6) is -0.459. The first-order valence-corrected chi connectivity index (χ1v) is 7.82. The Balaban J connectivity index is 2.35. The Morgan fingerprint density at radius 3 is 2.52 bits per heavy atom. The second-order valence-electron chi connectivity index (χ2n) is 6.01. The summed E-state index contributed by atoms with van der Waals surface area (Å²) < 4.78 is 5.47. The van der Waals surface area contributed by atoms with E-state index in [1.807, 2.05) is 19.9 Å².